The molecule has 1 N–H and O–H groups in total. The van der Waals surface area contributed by atoms with E-state index in [-0.39, 0.29) is 12.2 Å². The van der Waals surface area contributed by atoms with Gasteiger partial charge in [0.25, 0.3) is 5.91 Å². The van der Waals surface area contributed by atoms with Gasteiger partial charge in [0.15, 0.2) is 0 Å². The fourth-order valence-electron chi connectivity index (χ4n) is 2.37. The number of nitrogens with one attached hydrogen (secondary N) is 1. The number of nitro groups is 1. The lowest BCUT2D eigenvalue weighted by molar-refractivity contribution is -0.385. The summed E-state index contributed by atoms with van der Waals surface area (Å²) in [5, 5.41) is 19.7. The number of halogens is 2. The largest absolute Gasteiger partial charge is 0.320 e. The van der Waals surface area contributed by atoms with Crippen LogP contribution < -0.4 is 5.43 Å². The molecule has 0 saturated heterocycles. The van der Waals surface area contributed by atoms with Crippen molar-refractivity contribution in [1.29, 1.82) is 0 Å². The molecule has 3 aromatic rings. The van der Waals surface area contributed by atoms with Crippen molar-refractivity contribution in [1.82, 2.24) is 15.2 Å². The van der Waals surface area contributed by atoms with Crippen LogP contribution in [0.25, 0.3) is 0 Å². The van der Waals surface area contributed by atoms with Crippen LogP contribution in [0.2, 0.25) is 5.02 Å². The van der Waals surface area contributed by atoms with E-state index in [4.69, 9.17) is 11.6 Å². The van der Waals surface area contributed by atoms with Crippen LogP contribution in [-0.4, -0.2) is 26.8 Å². The van der Waals surface area contributed by atoms with Gasteiger partial charge in [-0.15, -0.1) is 0 Å². The van der Waals surface area contributed by atoms with Crippen molar-refractivity contribution in [2.75, 3.05) is 0 Å². The molecular formula is C18H13BrClN5O3. The summed E-state index contributed by atoms with van der Waals surface area (Å²) in [5.74, 6) is -0.778. The predicted molar refractivity (Wildman–Crippen MR) is 109 cm³/mol. The highest BCUT2D eigenvalue weighted by molar-refractivity contribution is 9.10. The van der Waals surface area contributed by atoms with Crippen molar-refractivity contribution in [2.45, 2.75) is 6.54 Å². The highest BCUT2D eigenvalue weighted by Crippen LogP contribution is 2.18. The summed E-state index contributed by atoms with van der Waals surface area (Å²) in [4.78, 5) is 22.9. The first-order valence-electron chi connectivity index (χ1n) is 7.97. The Kier molecular flexibility index (Phi) is 6.17. The molecule has 0 fully saturated rings. The van der Waals surface area contributed by atoms with E-state index in [1.54, 1.807) is 24.3 Å². The summed E-state index contributed by atoms with van der Waals surface area (Å²) in [6.07, 6.45) is 2.60. The first-order chi connectivity index (χ1) is 13.4. The van der Waals surface area contributed by atoms with E-state index in [9.17, 15) is 14.9 Å². The summed E-state index contributed by atoms with van der Waals surface area (Å²) in [7, 11) is 0. The molecule has 0 unspecified atom stereocenters. The Morgan fingerprint density at radius 2 is 2.07 bits per heavy atom. The summed E-state index contributed by atoms with van der Waals surface area (Å²) >= 11 is 9.22. The number of aromatic nitrogens is 2. The maximum atomic E-state index is 12.3. The van der Waals surface area contributed by atoms with Crippen LogP contribution in [0.15, 0.2) is 64.3 Å². The Bertz CT molecular complexity index is 1050. The van der Waals surface area contributed by atoms with E-state index in [2.05, 4.69) is 31.6 Å². The number of benzene rings is 2. The lowest BCUT2D eigenvalue weighted by Crippen LogP contribution is -2.19. The van der Waals surface area contributed by atoms with Gasteiger partial charge in [-0.3, -0.25) is 19.6 Å². The average molecular weight is 463 g/mol. The third-order valence-electron chi connectivity index (χ3n) is 3.64. The Hall–Kier alpha value is -3.04. The van der Waals surface area contributed by atoms with Gasteiger partial charge in [-0.25, -0.2) is 5.43 Å². The minimum atomic E-state index is -0.778. The molecule has 0 atom stereocenters. The van der Waals surface area contributed by atoms with Crippen molar-refractivity contribution in [3.05, 3.63) is 91.2 Å². The van der Waals surface area contributed by atoms with Gasteiger partial charge < -0.3 is 0 Å². The second-order valence-electron chi connectivity index (χ2n) is 5.70. The summed E-state index contributed by atoms with van der Waals surface area (Å²) in [6.45, 7) is 0.285. The molecule has 28 heavy (non-hydrogen) atoms. The van der Waals surface area contributed by atoms with E-state index in [1.807, 2.05) is 24.3 Å². The van der Waals surface area contributed by atoms with Gasteiger partial charge in [0.05, 0.1) is 17.7 Å². The standard InChI is InChI=1S/C18H13BrClN5O3/c19-14-6-4-12(5-7-14)10-24-11-16(25(27)28)17(23-24)18(26)22-21-9-13-2-1-3-15(20)8-13/h1-9,11H,10H2,(H,22,26)/b21-9+. The normalized spacial score (nSPS) is 10.9. The van der Waals surface area contributed by atoms with Crippen molar-refractivity contribution < 1.29 is 9.72 Å². The minimum Gasteiger partial charge on any atom is -0.265 e. The summed E-state index contributed by atoms with van der Waals surface area (Å²) in [5.41, 5.74) is 3.09. The Morgan fingerprint density at radius 3 is 2.75 bits per heavy atom. The molecule has 3 rings (SSSR count). The maximum Gasteiger partial charge on any atom is 0.320 e. The Morgan fingerprint density at radius 1 is 1.32 bits per heavy atom. The topological polar surface area (TPSA) is 102 Å². The smallest absolute Gasteiger partial charge is 0.265 e. The van der Waals surface area contributed by atoms with Crippen LogP contribution in [0.5, 0.6) is 0 Å². The third kappa shape index (κ3) is 5.02. The molecule has 1 heterocycles. The van der Waals surface area contributed by atoms with Crippen molar-refractivity contribution in [3.8, 4) is 0 Å². The number of hydrogen-bond donors (Lipinski definition) is 1. The van der Waals surface area contributed by atoms with Gasteiger partial charge in [-0.2, -0.15) is 10.2 Å². The second-order valence-corrected chi connectivity index (χ2v) is 7.05. The summed E-state index contributed by atoms with van der Waals surface area (Å²) in [6, 6.07) is 14.3. The highest BCUT2D eigenvalue weighted by Gasteiger charge is 2.25. The molecular weight excluding hydrogens is 450 g/mol. The maximum absolute atomic E-state index is 12.3. The fourth-order valence-corrected chi connectivity index (χ4v) is 2.83. The molecule has 10 heteroatoms. The Balaban J connectivity index is 1.76. The molecule has 0 radical (unpaired) electrons. The fraction of sp³-hybridized carbons (Fsp3) is 0.0556. The van der Waals surface area contributed by atoms with E-state index >= 15 is 0 Å². The van der Waals surface area contributed by atoms with Gasteiger partial charge in [-0.1, -0.05) is 51.8 Å². The van der Waals surface area contributed by atoms with Crippen LogP contribution in [0.1, 0.15) is 21.6 Å². The van der Waals surface area contributed by atoms with Crippen molar-refractivity contribution in [2.24, 2.45) is 5.10 Å². The van der Waals surface area contributed by atoms with Crippen LogP contribution in [0.3, 0.4) is 0 Å². The van der Waals surface area contributed by atoms with Gasteiger partial charge in [-0.05, 0) is 35.4 Å². The zero-order chi connectivity index (χ0) is 20.1. The van der Waals surface area contributed by atoms with E-state index in [0.29, 0.717) is 10.6 Å². The number of nitrogens with zero attached hydrogens (tertiary/aromatic N) is 4. The minimum absolute atomic E-state index is 0.285. The highest BCUT2D eigenvalue weighted by atomic mass is 79.9. The van der Waals surface area contributed by atoms with Crippen molar-refractivity contribution >= 4 is 45.3 Å². The first-order valence-corrected chi connectivity index (χ1v) is 9.15. The lowest BCUT2D eigenvalue weighted by Gasteiger charge is -2.01. The van der Waals surface area contributed by atoms with Gasteiger partial charge in [0.2, 0.25) is 5.69 Å². The zero-order valence-corrected chi connectivity index (χ0v) is 16.6. The molecule has 0 aliphatic heterocycles. The van der Waals surface area contributed by atoms with Gasteiger partial charge in [0, 0.05) is 9.50 Å². The first kappa shape index (κ1) is 19.7. The molecule has 8 nitrogen and oxygen atoms in total. The van der Waals surface area contributed by atoms with Crippen LogP contribution in [-0.2, 0) is 6.54 Å². The molecule has 0 bridgehead atoms. The second kappa shape index (κ2) is 8.77. The molecule has 0 aliphatic carbocycles. The number of hydrogen-bond acceptors (Lipinski definition) is 5. The van der Waals surface area contributed by atoms with E-state index in [0.717, 1.165) is 10.0 Å². The van der Waals surface area contributed by atoms with Crippen LogP contribution in [0, 0.1) is 10.1 Å². The average Bonchev–Trinajstić information content (AvgIpc) is 3.08. The third-order valence-corrected chi connectivity index (χ3v) is 4.40. The molecule has 0 aliphatic rings. The molecule has 142 valence electrons. The monoisotopic (exact) mass is 461 g/mol. The van der Waals surface area contributed by atoms with Crippen molar-refractivity contribution in [3.63, 3.8) is 0 Å². The van der Waals surface area contributed by atoms with Gasteiger partial charge >= 0.3 is 5.69 Å². The number of hydrazone groups is 1. The number of carbonyl (C=O) groups is 1. The SMILES string of the molecule is O=C(N/N=C/c1cccc(Cl)c1)c1nn(Cc2ccc(Br)cc2)cc1[N+](=O)[O-]. The molecule has 1 amide bonds. The van der Waals surface area contributed by atoms with E-state index < -0.39 is 16.5 Å². The molecule has 2 aromatic carbocycles. The van der Waals surface area contributed by atoms with Gasteiger partial charge in [0.1, 0.15) is 6.20 Å². The summed E-state index contributed by atoms with van der Waals surface area (Å²) < 4.78 is 2.26. The number of amides is 1. The van der Waals surface area contributed by atoms with Crippen LogP contribution >= 0.6 is 27.5 Å². The molecule has 1 aromatic heterocycles. The quantitative estimate of drug-likeness (QED) is 0.339. The number of rotatable bonds is 6. The lowest BCUT2D eigenvalue weighted by atomic mass is 10.2. The predicted octanol–water partition coefficient (Wildman–Crippen LogP) is 4.02. The Labute approximate surface area is 173 Å². The molecule has 0 spiro atoms. The van der Waals surface area contributed by atoms with E-state index in [1.165, 1.54) is 17.1 Å². The molecule has 0 saturated carbocycles. The number of carbonyl (C=O) groups excluding carboxylic acids is 1. The zero-order valence-electron chi connectivity index (χ0n) is 14.3. The van der Waals surface area contributed by atoms with Crippen LogP contribution in [0.4, 0.5) is 5.69 Å².